The molecule has 17 heavy (non-hydrogen) atoms. The fraction of sp³-hybridized carbons (Fsp3) is 1.00. The summed E-state index contributed by atoms with van der Waals surface area (Å²) in [5, 5.41) is 0. The van der Waals surface area contributed by atoms with Gasteiger partial charge in [-0.2, -0.15) is 0 Å². The van der Waals surface area contributed by atoms with Gasteiger partial charge in [0.25, 0.3) is 0 Å². The molecule has 0 N–H and O–H groups in total. The molecule has 1 heterocycles. The first-order valence-corrected chi connectivity index (χ1v) is 7.22. The summed E-state index contributed by atoms with van der Waals surface area (Å²) < 4.78 is 12.6. The average molecular weight is 236 g/mol. The van der Waals surface area contributed by atoms with Crippen LogP contribution in [0, 0.1) is 17.3 Å². The molecule has 0 amide bonds. The van der Waals surface area contributed by atoms with Crippen molar-refractivity contribution < 1.29 is 9.31 Å². The van der Waals surface area contributed by atoms with Crippen molar-refractivity contribution in [3.8, 4) is 0 Å². The van der Waals surface area contributed by atoms with Crippen molar-refractivity contribution in [3.05, 3.63) is 0 Å². The summed E-state index contributed by atoms with van der Waals surface area (Å²) in [5.74, 6) is 2.05. The van der Waals surface area contributed by atoms with Crippen LogP contribution >= 0.6 is 0 Å². The Kier molecular flexibility index (Phi) is 2.49. The quantitative estimate of drug-likeness (QED) is 0.683. The molecule has 2 bridgehead atoms. The smallest absolute Gasteiger partial charge is 0.405 e. The number of rotatable bonds is 2. The van der Waals surface area contributed by atoms with E-state index in [0.717, 1.165) is 12.3 Å². The fourth-order valence-corrected chi connectivity index (χ4v) is 4.34. The summed E-state index contributed by atoms with van der Waals surface area (Å²) >= 11 is 0. The van der Waals surface area contributed by atoms with E-state index in [-0.39, 0.29) is 12.7 Å². The van der Waals surface area contributed by atoms with Crippen LogP contribution in [0.2, 0.25) is 5.82 Å². The van der Waals surface area contributed by atoms with Gasteiger partial charge in [0.15, 0.2) is 0 Å². The van der Waals surface area contributed by atoms with E-state index in [1.807, 2.05) is 0 Å². The van der Waals surface area contributed by atoms with Gasteiger partial charge in [0, 0.05) is 0 Å². The van der Waals surface area contributed by atoms with Crippen LogP contribution < -0.4 is 0 Å². The summed E-state index contributed by atoms with van der Waals surface area (Å²) in [6.07, 6.45) is 4.02. The molecule has 0 aromatic carbocycles. The molecule has 0 aromatic rings. The first kappa shape index (κ1) is 12.0. The molecule has 3 aliphatic carbocycles. The van der Waals surface area contributed by atoms with Crippen molar-refractivity contribution in [1.82, 2.24) is 0 Å². The lowest BCUT2D eigenvalue weighted by atomic mass is 9.43. The van der Waals surface area contributed by atoms with Gasteiger partial charge in [-0.1, -0.05) is 34.1 Å². The minimum absolute atomic E-state index is 0.0215. The predicted molar refractivity (Wildman–Crippen MR) is 69.8 cm³/mol. The fourth-order valence-electron chi connectivity index (χ4n) is 4.34. The van der Waals surface area contributed by atoms with E-state index in [0.29, 0.717) is 23.3 Å². The van der Waals surface area contributed by atoms with E-state index in [9.17, 15) is 0 Å². The number of hydrogen-bond acceptors (Lipinski definition) is 2. The maximum atomic E-state index is 6.37. The molecular weight excluding hydrogens is 211 g/mol. The minimum Gasteiger partial charge on any atom is -0.405 e. The third-order valence-corrected chi connectivity index (χ3v) is 6.08. The van der Waals surface area contributed by atoms with Gasteiger partial charge in [0.1, 0.15) is 0 Å². The van der Waals surface area contributed by atoms with Crippen LogP contribution in [0.3, 0.4) is 0 Å². The highest BCUT2D eigenvalue weighted by Gasteiger charge is 2.68. The zero-order valence-electron chi connectivity index (χ0n) is 11.8. The Bertz CT molecular complexity index is 330. The lowest BCUT2D eigenvalue weighted by Crippen LogP contribution is -2.65. The summed E-state index contributed by atoms with van der Waals surface area (Å²) in [6.45, 7) is 11.6. The van der Waals surface area contributed by atoms with E-state index >= 15 is 0 Å². The molecule has 2 unspecified atom stereocenters. The molecule has 4 fully saturated rings. The summed E-state index contributed by atoms with van der Waals surface area (Å²) in [7, 11) is 0.0325. The molecule has 3 saturated carbocycles. The zero-order chi connectivity index (χ0) is 12.4. The Labute approximate surface area is 106 Å². The van der Waals surface area contributed by atoms with E-state index in [2.05, 4.69) is 34.6 Å². The topological polar surface area (TPSA) is 18.5 Å². The van der Waals surface area contributed by atoms with Crippen molar-refractivity contribution >= 4 is 7.12 Å². The van der Waals surface area contributed by atoms with Gasteiger partial charge >= 0.3 is 7.12 Å². The van der Waals surface area contributed by atoms with Crippen molar-refractivity contribution in [2.45, 2.75) is 71.4 Å². The Morgan fingerprint density at radius 1 is 1.29 bits per heavy atom. The molecule has 0 radical (unpaired) electrons. The molecule has 4 rings (SSSR count). The van der Waals surface area contributed by atoms with Crippen LogP contribution in [0.1, 0.15) is 53.9 Å². The SMILES string of the molecule is CCC(C)B1O[C@@H]2C[C@@H]3C[C@H](C3(C)C)C2(C)O1. The molecule has 0 aromatic heterocycles. The lowest BCUT2D eigenvalue weighted by Gasteiger charge is -2.64. The highest BCUT2D eigenvalue weighted by Crippen LogP contribution is 2.66. The maximum absolute atomic E-state index is 6.37. The van der Waals surface area contributed by atoms with Crippen LogP contribution in [0.15, 0.2) is 0 Å². The van der Waals surface area contributed by atoms with Crippen molar-refractivity contribution in [3.63, 3.8) is 0 Å². The second kappa shape index (κ2) is 3.51. The van der Waals surface area contributed by atoms with Crippen molar-refractivity contribution in [1.29, 1.82) is 0 Å². The normalized spacial score (nSPS) is 48.5. The Balaban J connectivity index is 1.82. The van der Waals surface area contributed by atoms with Crippen LogP contribution in [-0.4, -0.2) is 18.8 Å². The van der Waals surface area contributed by atoms with E-state index in [1.54, 1.807) is 0 Å². The van der Waals surface area contributed by atoms with Gasteiger partial charge < -0.3 is 9.31 Å². The highest BCUT2D eigenvalue weighted by atomic mass is 16.7. The van der Waals surface area contributed by atoms with Gasteiger partial charge in [-0.15, -0.1) is 0 Å². The molecule has 1 saturated heterocycles. The van der Waals surface area contributed by atoms with Crippen LogP contribution in [0.25, 0.3) is 0 Å². The summed E-state index contributed by atoms with van der Waals surface area (Å²) in [4.78, 5) is 0. The molecule has 96 valence electrons. The molecular formula is C14H25BO2. The van der Waals surface area contributed by atoms with Gasteiger partial charge in [0.05, 0.1) is 11.7 Å². The third-order valence-electron chi connectivity index (χ3n) is 6.08. The second-order valence-corrected chi connectivity index (χ2v) is 7.22. The molecule has 4 aliphatic rings. The first-order chi connectivity index (χ1) is 7.89. The van der Waals surface area contributed by atoms with Gasteiger partial charge in [-0.05, 0) is 42.8 Å². The van der Waals surface area contributed by atoms with Gasteiger partial charge in [-0.3, -0.25) is 0 Å². The monoisotopic (exact) mass is 236 g/mol. The van der Waals surface area contributed by atoms with Crippen LogP contribution in [0.5, 0.6) is 0 Å². The molecule has 3 heteroatoms. The van der Waals surface area contributed by atoms with Crippen molar-refractivity contribution in [2.24, 2.45) is 17.3 Å². The average Bonchev–Trinajstić information content (AvgIpc) is 2.64. The van der Waals surface area contributed by atoms with E-state index in [1.165, 1.54) is 12.8 Å². The minimum atomic E-state index is -0.0215. The predicted octanol–water partition coefficient (Wildman–Crippen LogP) is 3.51. The Morgan fingerprint density at radius 3 is 2.59 bits per heavy atom. The largest absolute Gasteiger partial charge is 0.460 e. The van der Waals surface area contributed by atoms with Gasteiger partial charge in [0.2, 0.25) is 0 Å². The lowest BCUT2D eigenvalue weighted by molar-refractivity contribution is -0.199. The summed E-state index contributed by atoms with van der Waals surface area (Å²) in [5.41, 5.74) is 0.436. The molecule has 0 spiro atoms. The number of hydrogen-bond donors (Lipinski definition) is 0. The van der Waals surface area contributed by atoms with Crippen LogP contribution in [-0.2, 0) is 9.31 Å². The van der Waals surface area contributed by atoms with Crippen molar-refractivity contribution in [2.75, 3.05) is 0 Å². The van der Waals surface area contributed by atoms with Crippen LogP contribution in [0.4, 0.5) is 0 Å². The summed E-state index contributed by atoms with van der Waals surface area (Å²) in [6, 6.07) is 0. The molecule has 5 atom stereocenters. The van der Waals surface area contributed by atoms with Gasteiger partial charge in [-0.25, -0.2) is 0 Å². The second-order valence-electron chi connectivity index (χ2n) is 7.22. The molecule has 1 aliphatic heterocycles. The van der Waals surface area contributed by atoms with E-state index < -0.39 is 0 Å². The van der Waals surface area contributed by atoms with E-state index in [4.69, 9.17) is 9.31 Å². The molecule has 2 nitrogen and oxygen atoms in total. The maximum Gasteiger partial charge on any atom is 0.460 e. The zero-order valence-corrected chi connectivity index (χ0v) is 11.8. The standard InChI is InChI=1S/C14H25BO2/c1-6-9(2)15-16-12-8-10-7-11(13(10,3)4)14(12,5)17-15/h9-12H,6-8H2,1-5H3/t9?,10-,11+,12+,14?/m0/s1. The highest BCUT2D eigenvalue weighted by molar-refractivity contribution is 6.47. The first-order valence-electron chi connectivity index (χ1n) is 7.22. The third kappa shape index (κ3) is 1.42. The Morgan fingerprint density at radius 2 is 2.00 bits per heavy atom. The Hall–Kier alpha value is -0.0151.